The highest BCUT2D eigenvalue weighted by Crippen LogP contribution is 2.32. The third-order valence-electron chi connectivity index (χ3n) is 2.18. The van der Waals surface area contributed by atoms with E-state index in [9.17, 15) is 13.2 Å². The Labute approximate surface area is 120 Å². The number of benzene rings is 1. The summed E-state index contributed by atoms with van der Waals surface area (Å²) in [5, 5.41) is -0.123. The molecule has 19 heavy (non-hydrogen) atoms. The maximum atomic E-state index is 12.0. The van der Waals surface area contributed by atoms with Crippen molar-refractivity contribution in [2.75, 3.05) is 0 Å². The summed E-state index contributed by atoms with van der Waals surface area (Å²) in [6, 6.07) is 3.64. The SMILES string of the molecule is C=C(C)C[C@@H](N)c1ccc(OC(F)(F)F)c(Cl)c1.Cl. The van der Waals surface area contributed by atoms with E-state index in [0.717, 1.165) is 11.6 Å². The minimum atomic E-state index is -4.76. The minimum Gasteiger partial charge on any atom is -0.404 e. The highest BCUT2D eigenvalue weighted by Gasteiger charge is 2.32. The van der Waals surface area contributed by atoms with Gasteiger partial charge in [-0.05, 0) is 31.0 Å². The van der Waals surface area contributed by atoms with Crippen LogP contribution in [-0.4, -0.2) is 6.36 Å². The lowest BCUT2D eigenvalue weighted by molar-refractivity contribution is -0.274. The normalized spacial score (nSPS) is 12.5. The molecule has 0 bridgehead atoms. The van der Waals surface area contributed by atoms with E-state index in [1.165, 1.54) is 12.1 Å². The molecule has 108 valence electrons. The van der Waals surface area contributed by atoms with Crippen LogP contribution in [0.2, 0.25) is 5.02 Å². The molecule has 1 aromatic carbocycles. The fourth-order valence-electron chi connectivity index (χ4n) is 1.45. The quantitative estimate of drug-likeness (QED) is 0.822. The van der Waals surface area contributed by atoms with Crippen molar-refractivity contribution in [1.29, 1.82) is 0 Å². The minimum absolute atomic E-state index is 0. The molecule has 0 aliphatic rings. The van der Waals surface area contributed by atoms with Crippen LogP contribution in [0.25, 0.3) is 0 Å². The first-order chi connectivity index (χ1) is 8.19. The summed E-state index contributed by atoms with van der Waals surface area (Å²) >= 11 is 5.71. The molecule has 0 aliphatic carbocycles. The number of hydrogen-bond donors (Lipinski definition) is 1. The molecule has 1 atom stereocenters. The lowest BCUT2D eigenvalue weighted by Crippen LogP contribution is -2.17. The Bertz CT molecular complexity index is 449. The van der Waals surface area contributed by atoms with Crippen LogP contribution in [0.3, 0.4) is 0 Å². The van der Waals surface area contributed by atoms with E-state index in [4.69, 9.17) is 17.3 Å². The van der Waals surface area contributed by atoms with E-state index in [-0.39, 0.29) is 23.5 Å². The van der Waals surface area contributed by atoms with Crippen LogP contribution in [0.5, 0.6) is 5.75 Å². The smallest absolute Gasteiger partial charge is 0.404 e. The molecule has 7 heteroatoms. The van der Waals surface area contributed by atoms with E-state index in [1.54, 1.807) is 0 Å². The average molecular weight is 316 g/mol. The molecule has 0 saturated carbocycles. The fourth-order valence-corrected chi connectivity index (χ4v) is 1.68. The van der Waals surface area contributed by atoms with Crippen molar-refractivity contribution >= 4 is 24.0 Å². The van der Waals surface area contributed by atoms with Crippen LogP contribution in [0, 0.1) is 0 Å². The van der Waals surface area contributed by atoms with Crippen LogP contribution in [0.4, 0.5) is 13.2 Å². The first kappa shape index (κ1) is 18.1. The predicted molar refractivity (Wildman–Crippen MR) is 71.7 cm³/mol. The van der Waals surface area contributed by atoms with Gasteiger partial charge in [-0.15, -0.1) is 32.2 Å². The Hall–Kier alpha value is -0.910. The molecule has 0 spiro atoms. The van der Waals surface area contributed by atoms with Crippen LogP contribution in [-0.2, 0) is 0 Å². The van der Waals surface area contributed by atoms with Gasteiger partial charge in [0.25, 0.3) is 0 Å². The van der Waals surface area contributed by atoms with E-state index in [1.807, 2.05) is 6.92 Å². The Morgan fingerprint density at radius 2 is 2.05 bits per heavy atom. The van der Waals surface area contributed by atoms with Crippen molar-refractivity contribution in [2.45, 2.75) is 25.7 Å². The summed E-state index contributed by atoms with van der Waals surface area (Å²) in [5.41, 5.74) is 7.38. The van der Waals surface area contributed by atoms with E-state index in [0.29, 0.717) is 12.0 Å². The molecule has 0 aromatic heterocycles. The van der Waals surface area contributed by atoms with Crippen LogP contribution >= 0.6 is 24.0 Å². The Morgan fingerprint density at radius 3 is 2.47 bits per heavy atom. The molecule has 0 aliphatic heterocycles. The van der Waals surface area contributed by atoms with Gasteiger partial charge in [0, 0.05) is 6.04 Å². The number of nitrogens with two attached hydrogens (primary N) is 1. The first-order valence-corrected chi connectivity index (χ1v) is 5.52. The second kappa shape index (κ2) is 7.03. The third-order valence-corrected chi connectivity index (χ3v) is 2.47. The zero-order chi connectivity index (χ0) is 13.9. The maximum absolute atomic E-state index is 12.0. The van der Waals surface area contributed by atoms with Gasteiger partial charge in [-0.1, -0.05) is 23.2 Å². The molecule has 1 aromatic rings. The number of halogens is 5. The van der Waals surface area contributed by atoms with Crippen molar-refractivity contribution in [2.24, 2.45) is 5.73 Å². The summed E-state index contributed by atoms with van der Waals surface area (Å²) in [5.74, 6) is -0.435. The van der Waals surface area contributed by atoms with Crippen molar-refractivity contribution in [3.8, 4) is 5.75 Å². The van der Waals surface area contributed by atoms with Gasteiger partial charge >= 0.3 is 6.36 Å². The second-order valence-electron chi connectivity index (χ2n) is 4.01. The van der Waals surface area contributed by atoms with Gasteiger partial charge in [0.15, 0.2) is 0 Å². The largest absolute Gasteiger partial charge is 0.573 e. The first-order valence-electron chi connectivity index (χ1n) is 5.14. The van der Waals surface area contributed by atoms with Gasteiger partial charge < -0.3 is 10.5 Å². The van der Waals surface area contributed by atoms with Gasteiger partial charge in [0.1, 0.15) is 5.75 Å². The highest BCUT2D eigenvalue weighted by molar-refractivity contribution is 6.32. The molecular weight excluding hydrogens is 302 g/mol. The lowest BCUT2D eigenvalue weighted by atomic mass is 10.0. The molecular formula is C12H14Cl2F3NO. The standard InChI is InChI=1S/C12H13ClF3NO.ClH/c1-7(2)5-10(17)8-3-4-11(9(13)6-8)18-12(14,15)16;/h3-4,6,10H,1,5,17H2,2H3;1H/t10-;/m1./s1. The van der Waals surface area contributed by atoms with Gasteiger partial charge in [-0.3, -0.25) is 0 Å². The van der Waals surface area contributed by atoms with Crippen LogP contribution in [0.15, 0.2) is 30.4 Å². The fraction of sp³-hybridized carbons (Fsp3) is 0.333. The van der Waals surface area contributed by atoms with Gasteiger partial charge in [0.2, 0.25) is 0 Å². The number of ether oxygens (including phenoxy) is 1. The number of hydrogen-bond acceptors (Lipinski definition) is 2. The zero-order valence-electron chi connectivity index (χ0n) is 10.1. The molecule has 0 unspecified atom stereocenters. The lowest BCUT2D eigenvalue weighted by Gasteiger charge is -2.15. The molecule has 2 nitrogen and oxygen atoms in total. The van der Waals surface area contributed by atoms with E-state index in [2.05, 4.69) is 11.3 Å². The van der Waals surface area contributed by atoms with Crippen molar-refractivity contribution in [3.63, 3.8) is 0 Å². The number of alkyl halides is 3. The molecule has 0 saturated heterocycles. The van der Waals surface area contributed by atoms with Crippen molar-refractivity contribution in [1.82, 2.24) is 0 Å². The van der Waals surface area contributed by atoms with Gasteiger partial charge in [-0.25, -0.2) is 0 Å². The van der Waals surface area contributed by atoms with Crippen molar-refractivity contribution in [3.05, 3.63) is 40.9 Å². The molecule has 0 amide bonds. The van der Waals surface area contributed by atoms with Gasteiger partial charge in [-0.2, -0.15) is 0 Å². The Kier molecular flexibility index (Phi) is 6.69. The molecule has 0 radical (unpaired) electrons. The summed E-state index contributed by atoms with van der Waals surface area (Å²) in [4.78, 5) is 0. The molecule has 0 heterocycles. The summed E-state index contributed by atoms with van der Waals surface area (Å²) in [7, 11) is 0. The Morgan fingerprint density at radius 1 is 1.47 bits per heavy atom. The summed E-state index contributed by atoms with van der Waals surface area (Å²) < 4.78 is 39.9. The summed E-state index contributed by atoms with van der Waals surface area (Å²) in [6.07, 6.45) is -4.22. The van der Waals surface area contributed by atoms with Crippen LogP contribution < -0.4 is 10.5 Å². The second-order valence-corrected chi connectivity index (χ2v) is 4.41. The molecule has 0 fully saturated rings. The van der Waals surface area contributed by atoms with E-state index >= 15 is 0 Å². The van der Waals surface area contributed by atoms with Crippen LogP contribution in [0.1, 0.15) is 24.9 Å². The third kappa shape index (κ3) is 6.18. The zero-order valence-corrected chi connectivity index (χ0v) is 11.7. The summed E-state index contributed by atoms with van der Waals surface area (Å²) in [6.45, 7) is 5.54. The van der Waals surface area contributed by atoms with Crippen molar-refractivity contribution < 1.29 is 17.9 Å². The average Bonchev–Trinajstić information content (AvgIpc) is 2.18. The highest BCUT2D eigenvalue weighted by atomic mass is 35.5. The predicted octanol–water partition coefficient (Wildman–Crippen LogP) is 4.63. The Balaban J connectivity index is 0.00000324. The monoisotopic (exact) mass is 315 g/mol. The van der Waals surface area contributed by atoms with E-state index < -0.39 is 12.1 Å². The topological polar surface area (TPSA) is 35.2 Å². The number of rotatable bonds is 4. The molecule has 2 N–H and O–H groups in total. The maximum Gasteiger partial charge on any atom is 0.573 e. The van der Waals surface area contributed by atoms with Gasteiger partial charge in [0.05, 0.1) is 5.02 Å². The molecule has 1 rings (SSSR count).